The molecule has 0 amide bonds. The summed E-state index contributed by atoms with van der Waals surface area (Å²) in [5.41, 5.74) is -1.97. The summed E-state index contributed by atoms with van der Waals surface area (Å²) in [6, 6.07) is 2.91. The van der Waals surface area contributed by atoms with Crippen LogP contribution in [-0.2, 0) is 18.6 Å². The Balaban J connectivity index is 1.88. The van der Waals surface area contributed by atoms with Gasteiger partial charge in [-0.1, -0.05) is 11.6 Å². The van der Waals surface area contributed by atoms with E-state index in [4.69, 9.17) is 11.6 Å². The first-order valence-corrected chi connectivity index (χ1v) is 8.31. The van der Waals surface area contributed by atoms with E-state index in [1.165, 1.54) is 10.9 Å². The zero-order valence-corrected chi connectivity index (χ0v) is 14.9. The van der Waals surface area contributed by atoms with Crippen LogP contribution in [0.3, 0.4) is 0 Å². The maximum atomic E-state index is 15.2. The summed E-state index contributed by atoms with van der Waals surface area (Å²) in [6.07, 6.45) is 1.64. The van der Waals surface area contributed by atoms with Gasteiger partial charge in [-0.3, -0.25) is 0 Å². The first kappa shape index (κ1) is 18.5. The summed E-state index contributed by atoms with van der Waals surface area (Å²) in [5.74, 6) is -2.97. The number of hydrogen-bond donors (Lipinski definition) is 0. The fourth-order valence-electron chi connectivity index (χ4n) is 3.12. The number of halogens is 4. The number of rotatable bonds is 3. The molecule has 3 heterocycles. The van der Waals surface area contributed by atoms with E-state index in [1.807, 2.05) is 6.07 Å². The van der Waals surface area contributed by atoms with Gasteiger partial charge in [-0.05, 0) is 6.07 Å². The normalized spacial score (nSPS) is 17.2. The third-order valence-electron chi connectivity index (χ3n) is 4.50. The Bertz CT molecular complexity index is 862. The highest BCUT2D eigenvalue weighted by molar-refractivity contribution is 6.32. The lowest BCUT2D eigenvalue weighted by Crippen LogP contribution is -2.42. The van der Waals surface area contributed by atoms with Gasteiger partial charge in [-0.25, -0.2) is 9.37 Å². The smallest absolute Gasteiger partial charge is 0.287 e. The number of aryl methyl sites for hydroxylation is 1. The molecule has 0 aliphatic carbocycles. The van der Waals surface area contributed by atoms with Gasteiger partial charge in [0.05, 0.1) is 11.3 Å². The number of aromatic nitrogens is 4. The highest BCUT2D eigenvalue weighted by Crippen LogP contribution is 2.40. The van der Waals surface area contributed by atoms with Gasteiger partial charge in [0, 0.05) is 39.9 Å². The minimum Gasteiger partial charge on any atom is -0.368 e. The molecule has 1 aliphatic rings. The molecule has 0 spiro atoms. The second-order valence-electron chi connectivity index (χ2n) is 6.41. The predicted molar refractivity (Wildman–Crippen MR) is 88.8 cm³/mol. The standard InChI is InChI=1S/C16H16ClF3N6/c1-15(18,19)11-7-10(8-21)12(13(17)23-11)26-5-3-16(20,4-6-26)14-24-22-9-25(14)2/h7,9H,3-6H2,1-2H3. The Kier molecular flexibility index (Phi) is 4.56. The van der Waals surface area contributed by atoms with Gasteiger partial charge in [-0.2, -0.15) is 14.0 Å². The predicted octanol–water partition coefficient (Wildman–Crippen LogP) is 3.31. The van der Waals surface area contributed by atoms with Gasteiger partial charge in [0.2, 0.25) is 0 Å². The average Bonchev–Trinajstić information content (AvgIpc) is 3.01. The SMILES string of the molecule is Cn1cnnc1C1(F)CCN(c2c(C#N)cc(C(C)(F)F)nc2Cl)CC1. The summed E-state index contributed by atoms with van der Waals surface area (Å²) in [7, 11) is 1.67. The van der Waals surface area contributed by atoms with Crippen molar-refractivity contribution in [3.8, 4) is 6.07 Å². The van der Waals surface area contributed by atoms with Crippen molar-refractivity contribution < 1.29 is 13.2 Å². The first-order chi connectivity index (χ1) is 12.2. The van der Waals surface area contributed by atoms with E-state index in [2.05, 4.69) is 15.2 Å². The number of nitrogens with zero attached hydrogens (tertiary/aromatic N) is 6. The van der Waals surface area contributed by atoms with Crippen LogP contribution in [0.1, 0.15) is 36.8 Å². The highest BCUT2D eigenvalue weighted by atomic mass is 35.5. The van der Waals surface area contributed by atoms with Crippen LogP contribution in [0.4, 0.5) is 18.9 Å². The van der Waals surface area contributed by atoms with Gasteiger partial charge in [0.1, 0.15) is 18.1 Å². The Labute approximate surface area is 153 Å². The van der Waals surface area contributed by atoms with Gasteiger partial charge >= 0.3 is 0 Å². The molecule has 2 aromatic rings. The van der Waals surface area contributed by atoms with Crippen LogP contribution < -0.4 is 4.90 Å². The van der Waals surface area contributed by atoms with Crippen LogP contribution in [0.5, 0.6) is 0 Å². The third kappa shape index (κ3) is 3.21. The molecule has 6 nitrogen and oxygen atoms in total. The van der Waals surface area contributed by atoms with Crippen molar-refractivity contribution in [2.75, 3.05) is 18.0 Å². The lowest BCUT2D eigenvalue weighted by molar-refractivity contribution is 0.0128. The van der Waals surface area contributed by atoms with Crippen LogP contribution >= 0.6 is 11.6 Å². The van der Waals surface area contributed by atoms with E-state index in [0.717, 1.165) is 6.07 Å². The zero-order valence-electron chi connectivity index (χ0n) is 14.2. The third-order valence-corrected chi connectivity index (χ3v) is 4.77. The largest absolute Gasteiger partial charge is 0.368 e. The molecule has 2 aromatic heterocycles. The van der Waals surface area contributed by atoms with E-state index in [1.54, 1.807) is 11.9 Å². The summed E-state index contributed by atoms with van der Waals surface area (Å²) in [4.78, 5) is 5.43. The van der Waals surface area contributed by atoms with E-state index < -0.39 is 17.3 Å². The number of anilines is 1. The van der Waals surface area contributed by atoms with E-state index in [9.17, 15) is 14.0 Å². The molecule has 0 N–H and O–H groups in total. The number of pyridine rings is 1. The topological polar surface area (TPSA) is 70.6 Å². The first-order valence-electron chi connectivity index (χ1n) is 7.93. The molecule has 0 radical (unpaired) electrons. The van der Waals surface area contributed by atoms with Crippen molar-refractivity contribution in [1.82, 2.24) is 19.7 Å². The summed E-state index contributed by atoms with van der Waals surface area (Å²) < 4.78 is 43.8. The van der Waals surface area contributed by atoms with E-state index in [0.29, 0.717) is 6.92 Å². The van der Waals surface area contributed by atoms with E-state index >= 15 is 4.39 Å². The maximum absolute atomic E-state index is 15.2. The molecule has 1 saturated heterocycles. The van der Waals surface area contributed by atoms with Crippen molar-refractivity contribution >= 4 is 17.3 Å². The van der Waals surface area contributed by atoms with Crippen LogP contribution in [-0.4, -0.2) is 32.8 Å². The second kappa shape index (κ2) is 6.43. The zero-order chi connectivity index (χ0) is 19.1. The molecule has 0 aromatic carbocycles. The molecule has 0 saturated carbocycles. The molecule has 1 fully saturated rings. The Morgan fingerprint density at radius 2 is 2.00 bits per heavy atom. The highest BCUT2D eigenvalue weighted by Gasteiger charge is 2.41. The van der Waals surface area contributed by atoms with Crippen molar-refractivity contribution in [3.63, 3.8) is 0 Å². The molecule has 10 heteroatoms. The summed E-state index contributed by atoms with van der Waals surface area (Å²) in [6.45, 7) is 1.16. The average molecular weight is 385 g/mol. The van der Waals surface area contributed by atoms with Crippen molar-refractivity contribution in [2.24, 2.45) is 7.05 Å². The quantitative estimate of drug-likeness (QED) is 0.759. The monoisotopic (exact) mass is 384 g/mol. The molecular weight excluding hydrogens is 369 g/mol. The number of nitriles is 1. The fourth-order valence-corrected chi connectivity index (χ4v) is 3.43. The van der Waals surface area contributed by atoms with Crippen LogP contribution in [0.25, 0.3) is 0 Å². The maximum Gasteiger partial charge on any atom is 0.287 e. The minimum atomic E-state index is -3.21. The molecule has 0 atom stereocenters. The number of piperidine rings is 1. The summed E-state index contributed by atoms with van der Waals surface area (Å²) in [5, 5.41) is 16.7. The van der Waals surface area contributed by atoms with Crippen LogP contribution in [0.15, 0.2) is 12.4 Å². The molecule has 26 heavy (non-hydrogen) atoms. The van der Waals surface area contributed by atoms with Crippen molar-refractivity contribution in [1.29, 1.82) is 5.26 Å². The Morgan fingerprint density at radius 3 is 2.50 bits per heavy atom. The Hall–Kier alpha value is -2.34. The lowest BCUT2D eigenvalue weighted by Gasteiger charge is -2.37. The Morgan fingerprint density at radius 1 is 1.35 bits per heavy atom. The molecule has 138 valence electrons. The number of alkyl halides is 3. The van der Waals surface area contributed by atoms with Crippen molar-refractivity contribution in [2.45, 2.75) is 31.4 Å². The molecule has 0 bridgehead atoms. The van der Waals surface area contributed by atoms with Crippen LogP contribution in [0, 0.1) is 11.3 Å². The lowest BCUT2D eigenvalue weighted by atomic mass is 9.91. The van der Waals surface area contributed by atoms with E-state index in [-0.39, 0.29) is 48.2 Å². The van der Waals surface area contributed by atoms with Gasteiger partial charge < -0.3 is 9.47 Å². The molecule has 1 aliphatic heterocycles. The van der Waals surface area contributed by atoms with Gasteiger partial charge in [0.15, 0.2) is 16.6 Å². The summed E-state index contributed by atoms with van der Waals surface area (Å²) >= 11 is 6.09. The number of hydrogen-bond acceptors (Lipinski definition) is 5. The van der Waals surface area contributed by atoms with Gasteiger partial charge in [-0.15, -0.1) is 10.2 Å². The minimum absolute atomic E-state index is 0.00783. The van der Waals surface area contributed by atoms with Gasteiger partial charge in [0.25, 0.3) is 5.92 Å². The fraction of sp³-hybridized carbons (Fsp3) is 0.500. The molecule has 3 rings (SSSR count). The van der Waals surface area contributed by atoms with Crippen LogP contribution in [0.2, 0.25) is 5.15 Å². The molecule has 0 unspecified atom stereocenters. The molecular formula is C16H16ClF3N6. The van der Waals surface area contributed by atoms with Crippen molar-refractivity contribution in [3.05, 3.63) is 34.6 Å². The second-order valence-corrected chi connectivity index (χ2v) is 6.77.